The third kappa shape index (κ3) is 3.73. The molecule has 2 aromatic carbocycles. The molecule has 0 bridgehead atoms. The lowest BCUT2D eigenvalue weighted by Gasteiger charge is -2.36. The van der Waals surface area contributed by atoms with Crippen molar-refractivity contribution in [1.82, 2.24) is 19.8 Å². The smallest absolute Gasteiger partial charge is 0.329 e. The molecule has 0 saturated carbocycles. The quantitative estimate of drug-likeness (QED) is 0.703. The van der Waals surface area contributed by atoms with Crippen molar-refractivity contribution in [2.45, 2.75) is 25.9 Å². The fourth-order valence-corrected chi connectivity index (χ4v) is 3.84. The largest absolute Gasteiger partial charge is 0.332 e. The molecule has 3 aromatic rings. The highest BCUT2D eigenvalue weighted by Gasteiger charge is 2.28. The van der Waals surface area contributed by atoms with Crippen LogP contribution in [0.25, 0.3) is 10.9 Å². The zero-order valence-electron chi connectivity index (χ0n) is 16.4. The van der Waals surface area contributed by atoms with Crippen molar-refractivity contribution in [2.75, 3.05) is 19.6 Å². The van der Waals surface area contributed by atoms with E-state index in [0.717, 1.165) is 16.6 Å². The van der Waals surface area contributed by atoms with Crippen LogP contribution in [0.4, 0.5) is 0 Å². The van der Waals surface area contributed by atoms with Crippen molar-refractivity contribution >= 4 is 16.8 Å². The summed E-state index contributed by atoms with van der Waals surface area (Å²) in [6.07, 6.45) is 0.958. The number of fused-ring (bicyclic) bond motifs is 1. The number of carbonyl (C=O) groups is 1. The standard InChI is InChI=1S/C22H24N4O3/c1-2-15-7-9-16(10-8-15)19-13-23-11-12-25(19)20(27)14-26-21(28)17-5-3-4-6-18(17)24-22(26)29/h3-10,19,23H,2,11-14H2,1H3,(H,24,29). The molecule has 1 unspecified atom stereocenters. The van der Waals surface area contributed by atoms with Crippen LogP contribution in [-0.2, 0) is 17.8 Å². The van der Waals surface area contributed by atoms with Gasteiger partial charge in [0.25, 0.3) is 5.56 Å². The van der Waals surface area contributed by atoms with E-state index in [4.69, 9.17) is 0 Å². The maximum absolute atomic E-state index is 13.1. The molecule has 29 heavy (non-hydrogen) atoms. The number of nitrogens with one attached hydrogen (secondary N) is 2. The van der Waals surface area contributed by atoms with E-state index in [1.165, 1.54) is 5.56 Å². The van der Waals surface area contributed by atoms with Gasteiger partial charge in [-0.05, 0) is 29.7 Å². The Hall–Kier alpha value is -3.19. The van der Waals surface area contributed by atoms with Crippen LogP contribution in [0.5, 0.6) is 0 Å². The van der Waals surface area contributed by atoms with Gasteiger partial charge in [0.1, 0.15) is 6.54 Å². The Morgan fingerprint density at radius 3 is 2.62 bits per heavy atom. The number of nitrogens with zero attached hydrogens (tertiary/aromatic N) is 2. The number of aromatic amines is 1. The van der Waals surface area contributed by atoms with E-state index < -0.39 is 11.2 Å². The van der Waals surface area contributed by atoms with Crippen LogP contribution in [0, 0.1) is 0 Å². The molecule has 4 rings (SSSR count). The van der Waals surface area contributed by atoms with Crippen LogP contribution < -0.4 is 16.6 Å². The third-order valence-corrected chi connectivity index (χ3v) is 5.52. The van der Waals surface area contributed by atoms with Crippen LogP contribution in [0.3, 0.4) is 0 Å². The number of aryl methyl sites for hydroxylation is 1. The zero-order valence-corrected chi connectivity index (χ0v) is 16.4. The van der Waals surface area contributed by atoms with Crippen LogP contribution in [-0.4, -0.2) is 40.0 Å². The van der Waals surface area contributed by atoms with E-state index in [0.29, 0.717) is 30.5 Å². The van der Waals surface area contributed by atoms with Crippen LogP contribution in [0.2, 0.25) is 0 Å². The van der Waals surface area contributed by atoms with Gasteiger partial charge in [-0.1, -0.05) is 43.3 Å². The average Bonchev–Trinajstić information content (AvgIpc) is 2.76. The summed E-state index contributed by atoms with van der Waals surface area (Å²) in [7, 11) is 0. The molecule has 1 amide bonds. The molecule has 0 radical (unpaired) electrons. The van der Waals surface area contributed by atoms with E-state index in [-0.39, 0.29) is 18.5 Å². The molecule has 7 nitrogen and oxygen atoms in total. The topological polar surface area (TPSA) is 87.2 Å². The Bertz CT molecular complexity index is 1150. The second kappa shape index (κ2) is 8.05. The number of rotatable bonds is 4. The van der Waals surface area contributed by atoms with E-state index in [1.807, 2.05) is 12.1 Å². The molecule has 1 saturated heterocycles. The highest BCUT2D eigenvalue weighted by Crippen LogP contribution is 2.23. The normalized spacial score (nSPS) is 16.9. The van der Waals surface area contributed by atoms with Crippen molar-refractivity contribution in [3.8, 4) is 0 Å². The summed E-state index contributed by atoms with van der Waals surface area (Å²) in [5.74, 6) is -0.237. The number of H-pyrrole nitrogens is 1. The minimum atomic E-state index is -0.568. The van der Waals surface area contributed by atoms with Crippen molar-refractivity contribution in [3.05, 3.63) is 80.5 Å². The lowest BCUT2D eigenvalue weighted by Crippen LogP contribution is -2.51. The monoisotopic (exact) mass is 392 g/mol. The maximum Gasteiger partial charge on any atom is 0.329 e. The number of amides is 1. The molecule has 1 aromatic heterocycles. The molecule has 2 heterocycles. The van der Waals surface area contributed by atoms with Gasteiger partial charge in [0.05, 0.1) is 16.9 Å². The van der Waals surface area contributed by atoms with Gasteiger partial charge in [-0.3, -0.25) is 14.2 Å². The van der Waals surface area contributed by atoms with Crippen molar-refractivity contribution in [3.63, 3.8) is 0 Å². The second-order valence-corrected chi connectivity index (χ2v) is 7.27. The van der Waals surface area contributed by atoms with Crippen molar-refractivity contribution in [2.24, 2.45) is 0 Å². The summed E-state index contributed by atoms with van der Waals surface area (Å²) < 4.78 is 0.990. The van der Waals surface area contributed by atoms with Crippen molar-refractivity contribution in [1.29, 1.82) is 0 Å². The molecular weight excluding hydrogens is 368 g/mol. The molecule has 7 heteroatoms. The summed E-state index contributed by atoms with van der Waals surface area (Å²) in [6, 6.07) is 14.9. The number of para-hydroxylation sites is 1. The van der Waals surface area contributed by atoms with Crippen molar-refractivity contribution < 1.29 is 4.79 Å². The van der Waals surface area contributed by atoms with Gasteiger partial charge in [0.15, 0.2) is 0 Å². The lowest BCUT2D eigenvalue weighted by molar-refractivity contribution is -0.135. The Morgan fingerprint density at radius 2 is 1.86 bits per heavy atom. The first-order valence-electron chi connectivity index (χ1n) is 9.89. The first-order valence-corrected chi connectivity index (χ1v) is 9.89. The highest BCUT2D eigenvalue weighted by atomic mass is 16.2. The molecular formula is C22H24N4O3. The maximum atomic E-state index is 13.1. The highest BCUT2D eigenvalue weighted by molar-refractivity contribution is 5.79. The molecule has 1 atom stereocenters. The molecule has 150 valence electrons. The number of hydrogen-bond acceptors (Lipinski definition) is 4. The summed E-state index contributed by atoms with van der Waals surface area (Å²) in [5.41, 5.74) is 1.74. The molecule has 2 N–H and O–H groups in total. The molecule has 0 spiro atoms. The van der Waals surface area contributed by atoms with Crippen LogP contribution in [0.15, 0.2) is 58.1 Å². The predicted octanol–water partition coefficient (Wildman–Crippen LogP) is 1.43. The fraction of sp³-hybridized carbons (Fsp3) is 0.318. The first-order chi connectivity index (χ1) is 14.1. The Balaban J connectivity index is 1.63. The first kappa shape index (κ1) is 19.1. The van der Waals surface area contributed by atoms with E-state index in [1.54, 1.807) is 29.2 Å². The van der Waals surface area contributed by atoms with Gasteiger partial charge in [0, 0.05) is 19.6 Å². The summed E-state index contributed by atoms with van der Waals surface area (Å²) in [4.78, 5) is 42.7. The van der Waals surface area contributed by atoms with Gasteiger partial charge in [-0.25, -0.2) is 4.79 Å². The van der Waals surface area contributed by atoms with Gasteiger partial charge < -0.3 is 15.2 Å². The van der Waals surface area contributed by atoms with E-state index in [2.05, 4.69) is 29.4 Å². The van der Waals surface area contributed by atoms with Crippen LogP contribution >= 0.6 is 0 Å². The summed E-state index contributed by atoms with van der Waals surface area (Å²) in [6.45, 7) is 3.67. The van der Waals surface area contributed by atoms with E-state index >= 15 is 0 Å². The summed E-state index contributed by atoms with van der Waals surface area (Å²) >= 11 is 0. The number of hydrogen-bond donors (Lipinski definition) is 2. The Labute approximate surface area is 168 Å². The number of piperazine rings is 1. The predicted molar refractivity (Wildman–Crippen MR) is 112 cm³/mol. The number of benzene rings is 2. The lowest BCUT2D eigenvalue weighted by atomic mass is 10.0. The van der Waals surface area contributed by atoms with Crippen LogP contribution in [0.1, 0.15) is 24.1 Å². The van der Waals surface area contributed by atoms with Gasteiger partial charge >= 0.3 is 5.69 Å². The Kier molecular flexibility index (Phi) is 5.31. The summed E-state index contributed by atoms with van der Waals surface area (Å²) in [5, 5.41) is 3.72. The SMILES string of the molecule is CCc1ccc(C2CNCCN2C(=O)Cn2c(=O)[nH]c3ccccc3c2=O)cc1. The molecule has 1 fully saturated rings. The Morgan fingerprint density at radius 1 is 1.10 bits per heavy atom. The van der Waals surface area contributed by atoms with E-state index in [9.17, 15) is 14.4 Å². The van der Waals surface area contributed by atoms with Gasteiger partial charge in [-0.15, -0.1) is 0 Å². The fourth-order valence-electron chi connectivity index (χ4n) is 3.84. The second-order valence-electron chi connectivity index (χ2n) is 7.27. The third-order valence-electron chi connectivity index (χ3n) is 5.52. The van der Waals surface area contributed by atoms with Gasteiger partial charge in [0.2, 0.25) is 5.91 Å². The number of aromatic nitrogens is 2. The molecule has 1 aliphatic rings. The zero-order chi connectivity index (χ0) is 20.4. The average molecular weight is 392 g/mol. The minimum absolute atomic E-state index is 0.127. The molecule has 0 aliphatic carbocycles. The minimum Gasteiger partial charge on any atom is -0.332 e. The molecule has 1 aliphatic heterocycles. The van der Waals surface area contributed by atoms with Gasteiger partial charge in [-0.2, -0.15) is 0 Å². The number of carbonyl (C=O) groups excluding carboxylic acids is 1.